The van der Waals surface area contributed by atoms with Crippen LogP contribution in [0.2, 0.25) is 0 Å². The Kier molecular flexibility index (Phi) is 1.42. The molecule has 2 saturated heterocycles. The minimum absolute atomic E-state index is 0.284. The zero-order chi connectivity index (χ0) is 7.14. The van der Waals surface area contributed by atoms with Crippen LogP contribution in [0.5, 0.6) is 0 Å². The molecular weight excluding hydrogens is 136 g/mol. The quantitative estimate of drug-likeness (QED) is 0.437. The second kappa shape index (κ2) is 2.17. The lowest BCUT2D eigenvalue weighted by Gasteiger charge is -2.09. The van der Waals surface area contributed by atoms with Gasteiger partial charge in [0, 0.05) is 0 Å². The fourth-order valence-corrected chi connectivity index (χ4v) is 1.46. The minimum Gasteiger partial charge on any atom is -0.388 e. The molecule has 0 saturated carbocycles. The summed E-state index contributed by atoms with van der Waals surface area (Å²) < 4.78 is 10.2. The van der Waals surface area contributed by atoms with E-state index in [0.29, 0.717) is 0 Å². The molecule has 2 heterocycles. The van der Waals surface area contributed by atoms with E-state index < -0.39 is 12.2 Å². The van der Waals surface area contributed by atoms with Gasteiger partial charge in [-0.15, -0.1) is 0 Å². The van der Waals surface area contributed by atoms with E-state index in [2.05, 4.69) is 0 Å². The Labute approximate surface area is 58.4 Å². The summed E-state index contributed by atoms with van der Waals surface area (Å²) in [6, 6.07) is 0. The molecule has 0 bridgehead atoms. The molecule has 0 radical (unpaired) electrons. The van der Waals surface area contributed by atoms with Gasteiger partial charge >= 0.3 is 0 Å². The maximum Gasteiger partial charge on any atom is 0.114 e. The lowest BCUT2D eigenvalue weighted by molar-refractivity contribution is 0.00205. The van der Waals surface area contributed by atoms with E-state index in [9.17, 15) is 0 Å². The number of aliphatic hydroxyl groups excluding tert-OH is 2. The van der Waals surface area contributed by atoms with E-state index in [1.54, 1.807) is 0 Å². The van der Waals surface area contributed by atoms with Crippen LogP contribution in [0.3, 0.4) is 0 Å². The van der Waals surface area contributed by atoms with Gasteiger partial charge in [-0.25, -0.2) is 0 Å². The Morgan fingerprint density at radius 2 is 1.30 bits per heavy atom. The van der Waals surface area contributed by atoms with Crippen LogP contribution in [0, 0.1) is 0 Å². The number of hydrogen-bond acceptors (Lipinski definition) is 4. The molecule has 2 rings (SSSR count). The number of hydrogen-bond donors (Lipinski definition) is 2. The standard InChI is InChI=1S/C6H10O4/c7-3-1-9-6-4(8)2-10-5(3)6/h3-8H,1-2H2/t3-,4-,5-,6-/m0/s1. The molecule has 4 nitrogen and oxygen atoms in total. The number of aliphatic hydroxyl groups is 2. The predicted octanol–water partition coefficient (Wildman–Crippen LogP) is -1.49. The molecule has 2 aliphatic heterocycles. The highest BCUT2D eigenvalue weighted by atomic mass is 16.6. The Morgan fingerprint density at radius 1 is 0.900 bits per heavy atom. The van der Waals surface area contributed by atoms with Crippen molar-refractivity contribution >= 4 is 0 Å². The highest BCUT2D eigenvalue weighted by Crippen LogP contribution is 2.26. The van der Waals surface area contributed by atoms with Gasteiger partial charge in [0.25, 0.3) is 0 Å². The summed E-state index contributed by atoms with van der Waals surface area (Å²) in [5.74, 6) is 0. The van der Waals surface area contributed by atoms with Gasteiger partial charge in [0.2, 0.25) is 0 Å². The average Bonchev–Trinajstić information content (AvgIpc) is 2.41. The van der Waals surface area contributed by atoms with Crippen LogP contribution >= 0.6 is 0 Å². The van der Waals surface area contributed by atoms with Crippen molar-refractivity contribution in [3.05, 3.63) is 0 Å². The molecule has 0 aromatic heterocycles. The Hall–Kier alpha value is -0.160. The van der Waals surface area contributed by atoms with Gasteiger partial charge in [0.1, 0.15) is 24.4 Å². The normalized spacial score (nSPS) is 53.4. The van der Waals surface area contributed by atoms with Crippen molar-refractivity contribution in [3.8, 4) is 0 Å². The number of rotatable bonds is 0. The fraction of sp³-hybridized carbons (Fsp3) is 1.00. The number of fused-ring (bicyclic) bond motifs is 1. The first-order chi connectivity index (χ1) is 4.79. The molecule has 58 valence electrons. The van der Waals surface area contributed by atoms with Crippen LogP contribution in [-0.2, 0) is 9.47 Å². The van der Waals surface area contributed by atoms with Gasteiger partial charge in [-0.2, -0.15) is 0 Å². The third-order valence-electron chi connectivity index (χ3n) is 2.00. The van der Waals surface area contributed by atoms with Crippen molar-refractivity contribution in [2.75, 3.05) is 13.2 Å². The zero-order valence-electron chi connectivity index (χ0n) is 5.43. The van der Waals surface area contributed by atoms with Crippen molar-refractivity contribution in [2.45, 2.75) is 24.4 Å². The van der Waals surface area contributed by atoms with Crippen molar-refractivity contribution in [1.29, 1.82) is 0 Å². The molecule has 4 heteroatoms. The first-order valence-electron chi connectivity index (χ1n) is 3.38. The molecule has 0 unspecified atom stereocenters. The second-order valence-corrected chi connectivity index (χ2v) is 2.73. The van der Waals surface area contributed by atoms with Crippen molar-refractivity contribution in [1.82, 2.24) is 0 Å². The summed E-state index contributed by atoms with van der Waals surface area (Å²) in [6.45, 7) is 0.568. The first-order valence-corrected chi connectivity index (χ1v) is 3.38. The molecule has 10 heavy (non-hydrogen) atoms. The topological polar surface area (TPSA) is 58.9 Å². The van der Waals surface area contributed by atoms with E-state index in [1.165, 1.54) is 0 Å². The third kappa shape index (κ3) is 0.769. The van der Waals surface area contributed by atoms with Crippen LogP contribution < -0.4 is 0 Å². The highest BCUT2D eigenvalue weighted by Gasteiger charge is 2.46. The summed E-state index contributed by atoms with van der Waals surface area (Å²) in [5, 5.41) is 18.3. The highest BCUT2D eigenvalue weighted by molar-refractivity contribution is 4.93. The summed E-state index contributed by atoms with van der Waals surface area (Å²) in [5.41, 5.74) is 0. The molecular formula is C6H10O4. The van der Waals surface area contributed by atoms with Crippen molar-refractivity contribution in [2.24, 2.45) is 0 Å². The van der Waals surface area contributed by atoms with Crippen LogP contribution in [0.4, 0.5) is 0 Å². The Morgan fingerprint density at radius 3 is 1.70 bits per heavy atom. The lowest BCUT2D eigenvalue weighted by Crippen LogP contribution is -2.30. The largest absolute Gasteiger partial charge is 0.388 e. The summed E-state index contributed by atoms with van der Waals surface area (Å²) >= 11 is 0. The monoisotopic (exact) mass is 146 g/mol. The van der Waals surface area contributed by atoms with Gasteiger partial charge in [-0.1, -0.05) is 0 Å². The van der Waals surface area contributed by atoms with Gasteiger partial charge in [-0.05, 0) is 0 Å². The summed E-state index contributed by atoms with van der Waals surface area (Å²) in [7, 11) is 0. The maximum atomic E-state index is 9.16. The molecule has 2 N–H and O–H groups in total. The SMILES string of the molecule is O[C@H]1CO[C@@H]2[C@H]1OC[C@@H]2O. The molecule has 0 amide bonds. The van der Waals surface area contributed by atoms with Gasteiger partial charge in [0.05, 0.1) is 13.2 Å². The lowest BCUT2D eigenvalue weighted by atomic mass is 10.1. The molecule has 0 aromatic rings. The predicted molar refractivity (Wildman–Crippen MR) is 31.5 cm³/mol. The Bertz CT molecular complexity index is 122. The summed E-state index contributed by atoms with van der Waals surface area (Å²) in [6.07, 6.45) is -1.70. The number of ether oxygens (including phenoxy) is 2. The van der Waals surface area contributed by atoms with Gasteiger partial charge in [-0.3, -0.25) is 0 Å². The van der Waals surface area contributed by atoms with Crippen LogP contribution in [-0.4, -0.2) is 47.8 Å². The first kappa shape index (κ1) is 6.54. The van der Waals surface area contributed by atoms with Crippen molar-refractivity contribution in [3.63, 3.8) is 0 Å². The van der Waals surface area contributed by atoms with E-state index >= 15 is 0 Å². The smallest absolute Gasteiger partial charge is 0.114 e. The third-order valence-corrected chi connectivity index (χ3v) is 2.00. The summed E-state index contributed by atoms with van der Waals surface area (Å²) in [4.78, 5) is 0. The van der Waals surface area contributed by atoms with Crippen LogP contribution in [0.15, 0.2) is 0 Å². The minimum atomic E-state index is -0.554. The second-order valence-electron chi connectivity index (χ2n) is 2.73. The van der Waals surface area contributed by atoms with Gasteiger partial charge < -0.3 is 19.7 Å². The van der Waals surface area contributed by atoms with Gasteiger partial charge in [0.15, 0.2) is 0 Å². The fourth-order valence-electron chi connectivity index (χ4n) is 1.46. The van der Waals surface area contributed by atoms with E-state index in [1.807, 2.05) is 0 Å². The van der Waals surface area contributed by atoms with E-state index in [0.717, 1.165) is 0 Å². The van der Waals surface area contributed by atoms with Crippen LogP contribution in [0.1, 0.15) is 0 Å². The molecule has 4 atom stereocenters. The molecule has 0 aliphatic carbocycles. The van der Waals surface area contributed by atoms with E-state index in [4.69, 9.17) is 19.7 Å². The van der Waals surface area contributed by atoms with E-state index in [-0.39, 0.29) is 25.4 Å². The molecule has 2 fully saturated rings. The average molecular weight is 146 g/mol. The molecule has 2 aliphatic rings. The Balaban J connectivity index is 2.09. The zero-order valence-corrected chi connectivity index (χ0v) is 5.43. The maximum absolute atomic E-state index is 9.16. The molecule has 0 spiro atoms. The van der Waals surface area contributed by atoms with Crippen LogP contribution in [0.25, 0.3) is 0 Å². The van der Waals surface area contributed by atoms with Crippen molar-refractivity contribution < 1.29 is 19.7 Å². The molecule has 0 aromatic carbocycles.